The van der Waals surface area contributed by atoms with Crippen LogP contribution in [-0.4, -0.2) is 0 Å². The topological polar surface area (TPSA) is 27.0 Å². The predicted octanol–water partition coefficient (Wildman–Crippen LogP) is 13.4. The maximum Gasteiger partial charge on any atom is 0.0991 e. The number of anilines is 3. The summed E-state index contributed by atoms with van der Waals surface area (Å²) < 4.78 is 0. The molecule has 49 heavy (non-hydrogen) atoms. The van der Waals surface area contributed by atoms with E-state index in [-0.39, 0.29) is 0 Å². The van der Waals surface area contributed by atoms with Crippen molar-refractivity contribution in [2.75, 3.05) is 4.90 Å². The maximum absolute atomic E-state index is 8.41. The Morgan fingerprint density at radius 2 is 0.796 bits per heavy atom. The van der Waals surface area contributed by atoms with E-state index in [1.807, 2.05) is 39.0 Å². The van der Waals surface area contributed by atoms with Gasteiger partial charge in [-0.3, -0.25) is 0 Å². The van der Waals surface area contributed by atoms with Gasteiger partial charge in [0.25, 0.3) is 0 Å². The largest absolute Gasteiger partial charge is 0.310 e. The zero-order valence-electron chi connectivity index (χ0n) is 28.7. The number of hydrogen-bond donors (Lipinski definition) is 0. The lowest BCUT2D eigenvalue weighted by atomic mass is 10.0. The second-order valence-electron chi connectivity index (χ2n) is 11.6. The predicted molar refractivity (Wildman–Crippen MR) is 209 cm³/mol. The van der Waals surface area contributed by atoms with Gasteiger partial charge in [-0.1, -0.05) is 153 Å². The third kappa shape index (κ3) is 9.01. The van der Waals surface area contributed by atoms with Gasteiger partial charge < -0.3 is 4.90 Å². The Labute approximate surface area is 292 Å². The fourth-order valence-electron chi connectivity index (χ4n) is 5.62. The molecule has 7 rings (SSSR count). The van der Waals surface area contributed by atoms with Gasteiger partial charge in [0.2, 0.25) is 0 Å². The van der Waals surface area contributed by atoms with Crippen molar-refractivity contribution in [1.29, 1.82) is 5.26 Å². The molecule has 0 radical (unpaired) electrons. The summed E-state index contributed by atoms with van der Waals surface area (Å²) in [4.78, 5) is 2.35. The SMILES string of the molecule is CC.Cc1ccc(-c2ccc(N(c3cccc(-c4ccccc4)c3)c3cccc(-c4ccccc4)c3)cc2)cc1.Cc1cccc(C#N)c1. The number of nitriles is 1. The number of nitrogens with zero attached hydrogens (tertiary/aromatic N) is 2. The van der Waals surface area contributed by atoms with Crippen LogP contribution in [0.5, 0.6) is 0 Å². The molecule has 0 aliphatic carbocycles. The molecule has 0 aromatic heterocycles. The van der Waals surface area contributed by atoms with E-state index in [1.54, 1.807) is 6.07 Å². The first kappa shape index (κ1) is 34.2. The van der Waals surface area contributed by atoms with Crippen LogP contribution in [0.1, 0.15) is 30.5 Å². The second kappa shape index (κ2) is 17.1. The lowest BCUT2D eigenvalue weighted by Gasteiger charge is -2.27. The van der Waals surface area contributed by atoms with Gasteiger partial charge in [0.1, 0.15) is 0 Å². The van der Waals surface area contributed by atoms with Crippen LogP contribution in [0.3, 0.4) is 0 Å². The molecule has 0 aliphatic heterocycles. The molecule has 2 nitrogen and oxygen atoms in total. The molecule has 0 heterocycles. The van der Waals surface area contributed by atoms with Gasteiger partial charge in [-0.25, -0.2) is 0 Å². The molecule has 0 atom stereocenters. The van der Waals surface area contributed by atoms with E-state index in [1.165, 1.54) is 38.9 Å². The van der Waals surface area contributed by atoms with Gasteiger partial charge in [0, 0.05) is 17.1 Å². The Balaban J connectivity index is 0.000000367. The standard InChI is InChI=1S/C37H29N.C8H7N.C2H6/c1-28-18-20-31(21-19-28)32-22-24-35(25-23-32)38(36-16-8-14-33(26-36)29-10-4-2-5-11-29)37-17-9-15-34(27-37)30-12-6-3-7-13-30;1-7-3-2-4-8(5-7)6-9;1-2/h2-27H,1H3;2-5H,1H3;1-2H3. The molecule has 0 fully saturated rings. The Morgan fingerprint density at radius 3 is 1.24 bits per heavy atom. The van der Waals surface area contributed by atoms with Crippen molar-refractivity contribution in [3.8, 4) is 39.4 Å². The third-order valence-corrected chi connectivity index (χ3v) is 8.08. The van der Waals surface area contributed by atoms with Gasteiger partial charge in [0.15, 0.2) is 0 Å². The summed E-state index contributed by atoms with van der Waals surface area (Å²) >= 11 is 0. The van der Waals surface area contributed by atoms with Crippen molar-refractivity contribution in [3.05, 3.63) is 199 Å². The highest BCUT2D eigenvalue weighted by molar-refractivity contribution is 5.83. The van der Waals surface area contributed by atoms with Crippen LogP contribution in [0.2, 0.25) is 0 Å². The van der Waals surface area contributed by atoms with Crippen molar-refractivity contribution >= 4 is 17.1 Å². The lowest BCUT2D eigenvalue weighted by molar-refractivity contribution is 1.28. The molecule has 7 aromatic rings. The van der Waals surface area contributed by atoms with E-state index in [2.05, 4.69) is 176 Å². The van der Waals surface area contributed by atoms with E-state index in [9.17, 15) is 0 Å². The van der Waals surface area contributed by atoms with Crippen molar-refractivity contribution in [3.63, 3.8) is 0 Å². The van der Waals surface area contributed by atoms with E-state index in [0.29, 0.717) is 0 Å². The van der Waals surface area contributed by atoms with Gasteiger partial charge in [-0.05, 0) is 101 Å². The molecule has 240 valence electrons. The van der Waals surface area contributed by atoms with Crippen molar-refractivity contribution in [2.45, 2.75) is 27.7 Å². The highest BCUT2D eigenvalue weighted by Gasteiger charge is 2.15. The summed E-state index contributed by atoms with van der Waals surface area (Å²) in [5.74, 6) is 0. The van der Waals surface area contributed by atoms with E-state index in [4.69, 9.17) is 5.26 Å². The molecular weight excluding hydrogens is 593 g/mol. The smallest absolute Gasteiger partial charge is 0.0991 e. The van der Waals surface area contributed by atoms with Crippen LogP contribution < -0.4 is 4.90 Å². The maximum atomic E-state index is 8.41. The minimum atomic E-state index is 0.731. The Morgan fingerprint density at radius 1 is 0.367 bits per heavy atom. The van der Waals surface area contributed by atoms with Crippen LogP contribution in [0.25, 0.3) is 33.4 Å². The molecule has 0 unspecified atom stereocenters. The quantitative estimate of drug-likeness (QED) is 0.182. The van der Waals surface area contributed by atoms with Crippen LogP contribution in [0.15, 0.2) is 182 Å². The first-order valence-electron chi connectivity index (χ1n) is 16.8. The summed E-state index contributed by atoms with van der Waals surface area (Å²) in [5.41, 5.74) is 13.8. The summed E-state index contributed by atoms with van der Waals surface area (Å²) in [6, 6.07) is 65.9. The Hall–Kier alpha value is -6.17. The number of benzene rings is 7. The van der Waals surface area contributed by atoms with Gasteiger partial charge >= 0.3 is 0 Å². The average Bonchev–Trinajstić information content (AvgIpc) is 3.18. The zero-order valence-corrected chi connectivity index (χ0v) is 28.7. The molecule has 7 aromatic carbocycles. The third-order valence-electron chi connectivity index (χ3n) is 8.08. The fraction of sp³-hybridized carbons (Fsp3) is 0.0851. The molecule has 0 amide bonds. The minimum Gasteiger partial charge on any atom is -0.310 e. The normalized spacial score (nSPS) is 10.0. The number of rotatable bonds is 6. The molecule has 0 spiro atoms. The molecule has 0 aliphatic rings. The van der Waals surface area contributed by atoms with Crippen LogP contribution in [0.4, 0.5) is 17.1 Å². The van der Waals surface area contributed by atoms with Gasteiger partial charge in [-0.2, -0.15) is 5.26 Å². The molecule has 0 bridgehead atoms. The Kier molecular flexibility index (Phi) is 11.9. The van der Waals surface area contributed by atoms with E-state index in [0.717, 1.165) is 28.2 Å². The zero-order chi connectivity index (χ0) is 34.4. The highest BCUT2D eigenvalue weighted by Crippen LogP contribution is 2.39. The lowest BCUT2D eigenvalue weighted by Crippen LogP contribution is -2.10. The van der Waals surface area contributed by atoms with Crippen LogP contribution in [-0.2, 0) is 0 Å². The van der Waals surface area contributed by atoms with Gasteiger partial charge in [0.05, 0.1) is 11.6 Å². The van der Waals surface area contributed by atoms with E-state index < -0.39 is 0 Å². The molecule has 0 N–H and O–H groups in total. The monoisotopic (exact) mass is 634 g/mol. The second-order valence-corrected chi connectivity index (χ2v) is 11.6. The van der Waals surface area contributed by atoms with E-state index >= 15 is 0 Å². The fourth-order valence-corrected chi connectivity index (χ4v) is 5.62. The van der Waals surface area contributed by atoms with Crippen molar-refractivity contribution < 1.29 is 0 Å². The summed E-state index contributed by atoms with van der Waals surface area (Å²) in [6.07, 6.45) is 0. The summed E-state index contributed by atoms with van der Waals surface area (Å²) in [6.45, 7) is 8.10. The van der Waals surface area contributed by atoms with Crippen molar-refractivity contribution in [1.82, 2.24) is 0 Å². The molecular formula is C47H42N2. The van der Waals surface area contributed by atoms with Gasteiger partial charge in [-0.15, -0.1) is 0 Å². The molecule has 0 saturated heterocycles. The first-order valence-corrected chi connectivity index (χ1v) is 16.8. The number of hydrogen-bond acceptors (Lipinski definition) is 2. The molecule has 0 saturated carbocycles. The Bertz CT molecular complexity index is 2010. The molecule has 2 heteroatoms. The summed E-state index contributed by atoms with van der Waals surface area (Å²) in [5, 5.41) is 8.41. The minimum absolute atomic E-state index is 0.731. The summed E-state index contributed by atoms with van der Waals surface area (Å²) in [7, 11) is 0. The number of aryl methyl sites for hydroxylation is 2. The van der Waals surface area contributed by atoms with Crippen LogP contribution >= 0.6 is 0 Å². The highest BCUT2D eigenvalue weighted by atomic mass is 15.1. The first-order chi connectivity index (χ1) is 24.1. The van der Waals surface area contributed by atoms with Crippen LogP contribution in [0, 0.1) is 25.2 Å². The average molecular weight is 635 g/mol. The van der Waals surface area contributed by atoms with Crippen molar-refractivity contribution in [2.24, 2.45) is 0 Å².